The van der Waals surface area contributed by atoms with Gasteiger partial charge in [0.25, 0.3) is 11.8 Å². The molecule has 0 aliphatic carbocycles. The van der Waals surface area contributed by atoms with Crippen molar-refractivity contribution in [2.75, 3.05) is 13.1 Å². The van der Waals surface area contributed by atoms with Gasteiger partial charge in [0.1, 0.15) is 11.6 Å². The highest BCUT2D eigenvalue weighted by molar-refractivity contribution is 5.95. The second kappa shape index (κ2) is 7.04. The number of aryl methyl sites for hydroxylation is 1. The number of carbonyl (C=O) groups is 1. The summed E-state index contributed by atoms with van der Waals surface area (Å²) in [6.45, 7) is 0.825. The Balaban J connectivity index is 1.58. The van der Waals surface area contributed by atoms with Crippen molar-refractivity contribution in [1.82, 2.24) is 9.88 Å². The standard InChI is InChI=1S/C21H18F3N3O2/c1-12-6-13(2-4-16(12)19-26-9-15(8-25)29-19)17-5-3-14(7-18(17)22)20(28)27-10-21(23,24)11-27/h2-7,9H,8,10-11,25H2,1H3. The molecular formula is C21H18F3N3O2. The molecule has 1 aliphatic rings. The molecule has 2 aromatic carbocycles. The zero-order chi connectivity index (χ0) is 20.8. The van der Waals surface area contributed by atoms with Gasteiger partial charge in [-0.2, -0.15) is 0 Å². The molecule has 1 fully saturated rings. The number of benzene rings is 2. The lowest BCUT2D eigenvalue weighted by molar-refractivity contribution is -0.113. The Morgan fingerprint density at radius 2 is 1.93 bits per heavy atom. The van der Waals surface area contributed by atoms with Crippen LogP contribution < -0.4 is 5.73 Å². The number of likely N-dealkylation sites (tertiary alicyclic amines) is 1. The highest BCUT2D eigenvalue weighted by Crippen LogP contribution is 2.32. The summed E-state index contributed by atoms with van der Waals surface area (Å²) >= 11 is 0. The number of carbonyl (C=O) groups excluding carboxylic acids is 1. The molecule has 3 aromatic rings. The number of nitrogens with two attached hydrogens (primary N) is 1. The summed E-state index contributed by atoms with van der Waals surface area (Å²) in [4.78, 5) is 17.4. The fourth-order valence-corrected chi connectivity index (χ4v) is 3.32. The van der Waals surface area contributed by atoms with Crippen LogP contribution in [0.15, 0.2) is 47.0 Å². The molecule has 1 amide bonds. The Morgan fingerprint density at radius 1 is 1.21 bits per heavy atom. The molecule has 0 radical (unpaired) electrons. The topological polar surface area (TPSA) is 72.4 Å². The van der Waals surface area contributed by atoms with E-state index >= 15 is 0 Å². The first-order chi connectivity index (χ1) is 13.8. The molecule has 1 aliphatic heterocycles. The van der Waals surface area contributed by atoms with Gasteiger partial charge in [0, 0.05) is 16.7 Å². The second-order valence-electron chi connectivity index (χ2n) is 7.08. The van der Waals surface area contributed by atoms with Crippen molar-refractivity contribution in [3.8, 4) is 22.6 Å². The summed E-state index contributed by atoms with van der Waals surface area (Å²) in [6, 6.07) is 9.30. The van der Waals surface area contributed by atoms with E-state index < -0.39 is 30.7 Å². The first kappa shape index (κ1) is 19.2. The maximum atomic E-state index is 14.7. The van der Waals surface area contributed by atoms with E-state index in [0.717, 1.165) is 22.1 Å². The van der Waals surface area contributed by atoms with E-state index in [4.69, 9.17) is 10.2 Å². The van der Waals surface area contributed by atoms with Crippen LogP contribution in [0.2, 0.25) is 0 Å². The van der Waals surface area contributed by atoms with Gasteiger partial charge in [-0.15, -0.1) is 0 Å². The Kier molecular flexibility index (Phi) is 4.66. The Labute approximate surface area is 165 Å². The van der Waals surface area contributed by atoms with E-state index in [9.17, 15) is 18.0 Å². The minimum Gasteiger partial charge on any atom is -0.440 e. The minimum absolute atomic E-state index is 0.0455. The SMILES string of the molecule is Cc1cc(-c2ccc(C(=O)N3CC(F)(F)C3)cc2F)ccc1-c1ncc(CN)o1. The minimum atomic E-state index is -2.86. The fraction of sp³-hybridized carbons (Fsp3) is 0.238. The quantitative estimate of drug-likeness (QED) is 0.717. The van der Waals surface area contributed by atoms with Crippen LogP contribution in [0.1, 0.15) is 21.7 Å². The highest BCUT2D eigenvalue weighted by Gasteiger charge is 2.46. The van der Waals surface area contributed by atoms with Crippen molar-refractivity contribution in [3.05, 3.63) is 65.3 Å². The Bertz CT molecular complexity index is 1090. The van der Waals surface area contributed by atoms with E-state index in [1.54, 1.807) is 24.4 Å². The lowest BCUT2D eigenvalue weighted by Crippen LogP contribution is -2.58. The molecule has 2 N–H and O–H groups in total. The Morgan fingerprint density at radius 3 is 2.52 bits per heavy atom. The van der Waals surface area contributed by atoms with Crippen LogP contribution in [0.3, 0.4) is 0 Å². The van der Waals surface area contributed by atoms with E-state index in [1.165, 1.54) is 12.1 Å². The fourth-order valence-electron chi connectivity index (χ4n) is 3.32. The first-order valence-corrected chi connectivity index (χ1v) is 9.00. The molecule has 0 unspecified atom stereocenters. The summed E-state index contributed by atoms with van der Waals surface area (Å²) in [5, 5.41) is 0. The molecule has 4 rings (SSSR count). The van der Waals surface area contributed by atoms with Crippen LogP contribution in [0, 0.1) is 12.7 Å². The molecular weight excluding hydrogens is 383 g/mol. The van der Waals surface area contributed by atoms with E-state index in [0.29, 0.717) is 22.8 Å². The van der Waals surface area contributed by atoms with Gasteiger partial charge in [0.2, 0.25) is 5.89 Å². The monoisotopic (exact) mass is 401 g/mol. The van der Waals surface area contributed by atoms with Gasteiger partial charge >= 0.3 is 0 Å². The lowest BCUT2D eigenvalue weighted by Gasteiger charge is -2.38. The van der Waals surface area contributed by atoms with Crippen molar-refractivity contribution in [1.29, 1.82) is 0 Å². The number of nitrogens with zero attached hydrogens (tertiary/aromatic N) is 2. The van der Waals surface area contributed by atoms with Crippen molar-refractivity contribution >= 4 is 5.91 Å². The van der Waals surface area contributed by atoms with Gasteiger partial charge in [-0.3, -0.25) is 4.79 Å². The van der Waals surface area contributed by atoms with Gasteiger partial charge < -0.3 is 15.1 Å². The summed E-state index contributed by atoms with van der Waals surface area (Å²) in [5.74, 6) is -3.07. The molecule has 1 saturated heterocycles. The normalized spacial score (nSPS) is 15.3. The largest absolute Gasteiger partial charge is 0.440 e. The van der Waals surface area contributed by atoms with Gasteiger partial charge in [-0.05, 0) is 36.2 Å². The predicted molar refractivity (Wildman–Crippen MR) is 101 cm³/mol. The summed E-state index contributed by atoms with van der Waals surface area (Å²) < 4.78 is 46.1. The van der Waals surface area contributed by atoms with Crippen LogP contribution in [0.5, 0.6) is 0 Å². The third-order valence-corrected chi connectivity index (χ3v) is 4.87. The van der Waals surface area contributed by atoms with Crippen LogP contribution >= 0.6 is 0 Å². The maximum absolute atomic E-state index is 14.7. The second-order valence-corrected chi connectivity index (χ2v) is 7.08. The molecule has 0 saturated carbocycles. The number of oxazole rings is 1. The molecule has 5 nitrogen and oxygen atoms in total. The van der Waals surface area contributed by atoms with Gasteiger partial charge in [-0.25, -0.2) is 18.2 Å². The van der Waals surface area contributed by atoms with Crippen molar-refractivity contribution in [2.24, 2.45) is 5.73 Å². The molecule has 1 aromatic heterocycles. The Hall–Kier alpha value is -3.13. The molecule has 2 heterocycles. The molecule has 0 bridgehead atoms. The molecule has 150 valence electrons. The zero-order valence-electron chi connectivity index (χ0n) is 15.6. The van der Waals surface area contributed by atoms with Gasteiger partial charge in [-0.1, -0.05) is 18.2 Å². The highest BCUT2D eigenvalue weighted by atomic mass is 19.3. The third kappa shape index (κ3) is 3.63. The van der Waals surface area contributed by atoms with E-state index in [2.05, 4.69) is 4.98 Å². The number of halogens is 3. The molecule has 8 heteroatoms. The average molecular weight is 401 g/mol. The van der Waals surface area contributed by atoms with Crippen molar-refractivity contribution < 1.29 is 22.4 Å². The van der Waals surface area contributed by atoms with Crippen LogP contribution in [0.4, 0.5) is 13.2 Å². The van der Waals surface area contributed by atoms with Crippen LogP contribution in [0.25, 0.3) is 22.6 Å². The third-order valence-electron chi connectivity index (χ3n) is 4.87. The number of aromatic nitrogens is 1. The summed E-state index contributed by atoms with van der Waals surface area (Å²) in [6.07, 6.45) is 1.56. The zero-order valence-corrected chi connectivity index (χ0v) is 15.6. The van der Waals surface area contributed by atoms with Crippen LogP contribution in [-0.4, -0.2) is 34.8 Å². The summed E-state index contributed by atoms with van der Waals surface area (Å²) in [7, 11) is 0. The molecule has 0 spiro atoms. The number of alkyl halides is 2. The van der Waals surface area contributed by atoms with Crippen molar-refractivity contribution in [3.63, 3.8) is 0 Å². The lowest BCUT2D eigenvalue weighted by atomic mass is 9.98. The van der Waals surface area contributed by atoms with Gasteiger partial charge in [0.15, 0.2) is 0 Å². The molecule has 0 atom stereocenters. The van der Waals surface area contributed by atoms with Crippen LogP contribution in [-0.2, 0) is 6.54 Å². The number of rotatable bonds is 4. The van der Waals surface area contributed by atoms with Crippen molar-refractivity contribution in [2.45, 2.75) is 19.4 Å². The smallest absolute Gasteiger partial charge is 0.282 e. The van der Waals surface area contributed by atoms with E-state index in [-0.39, 0.29) is 12.1 Å². The number of hydrogen-bond acceptors (Lipinski definition) is 4. The maximum Gasteiger partial charge on any atom is 0.282 e. The summed E-state index contributed by atoms with van der Waals surface area (Å²) in [5.41, 5.74) is 8.09. The number of hydrogen-bond donors (Lipinski definition) is 1. The van der Waals surface area contributed by atoms with E-state index in [1.807, 2.05) is 6.92 Å². The molecule has 29 heavy (non-hydrogen) atoms. The average Bonchev–Trinajstić information content (AvgIpc) is 3.14. The first-order valence-electron chi connectivity index (χ1n) is 9.00. The number of amides is 1. The predicted octanol–water partition coefficient (Wildman–Crippen LogP) is 4.01. The van der Waals surface area contributed by atoms with Gasteiger partial charge in [0.05, 0.1) is 25.8 Å².